The van der Waals surface area contributed by atoms with Crippen molar-refractivity contribution in [2.24, 2.45) is 0 Å². The van der Waals surface area contributed by atoms with Crippen LogP contribution in [-0.4, -0.2) is 44.7 Å². The molecule has 21 heavy (non-hydrogen) atoms. The van der Waals surface area contributed by atoms with Crippen LogP contribution in [0.5, 0.6) is 0 Å². The molecule has 112 valence electrons. The maximum absolute atomic E-state index is 3.50. The first kappa shape index (κ1) is 14.4. The van der Waals surface area contributed by atoms with Gasteiger partial charge in [-0.25, -0.2) is 0 Å². The first-order valence-corrected chi connectivity index (χ1v) is 8.49. The molecule has 2 aromatic rings. The third kappa shape index (κ3) is 3.99. The second kappa shape index (κ2) is 6.96. The number of anilines is 2. The highest BCUT2D eigenvalue weighted by Crippen LogP contribution is 2.19. The molecule has 0 radical (unpaired) electrons. The maximum Gasteiger partial charge on any atom is 0.0368 e. The zero-order valence-electron chi connectivity index (χ0n) is 12.6. The van der Waals surface area contributed by atoms with E-state index in [9.17, 15) is 0 Å². The molecule has 1 aromatic heterocycles. The fraction of sp³-hybridized carbons (Fsp3) is 0.412. The highest BCUT2D eigenvalue weighted by atomic mass is 32.1. The van der Waals surface area contributed by atoms with Crippen LogP contribution < -0.4 is 10.2 Å². The largest absolute Gasteiger partial charge is 0.385 e. The summed E-state index contributed by atoms with van der Waals surface area (Å²) in [4.78, 5) is 6.29. The number of hydrogen-bond donors (Lipinski definition) is 1. The summed E-state index contributed by atoms with van der Waals surface area (Å²) < 4.78 is 0. The number of benzene rings is 1. The van der Waals surface area contributed by atoms with Crippen molar-refractivity contribution in [1.29, 1.82) is 0 Å². The highest BCUT2D eigenvalue weighted by Gasteiger charge is 2.13. The van der Waals surface area contributed by atoms with Gasteiger partial charge in [0.25, 0.3) is 0 Å². The standard InChI is InChI=1S/C17H23N3S/c1-19-10-12-20(13-11-19)16-6-4-15(5-7-16)18-9-8-17-3-2-14-21-17/h2-7,14,18H,8-13H2,1H3. The van der Waals surface area contributed by atoms with Gasteiger partial charge < -0.3 is 15.1 Å². The number of hydrogen-bond acceptors (Lipinski definition) is 4. The lowest BCUT2D eigenvalue weighted by molar-refractivity contribution is 0.313. The second-order valence-electron chi connectivity index (χ2n) is 5.59. The molecule has 1 N–H and O–H groups in total. The van der Waals surface area contributed by atoms with Crippen LogP contribution >= 0.6 is 11.3 Å². The Morgan fingerprint density at radius 3 is 2.48 bits per heavy atom. The minimum absolute atomic E-state index is 0.994. The van der Waals surface area contributed by atoms with Crippen molar-refractivity contribution in [2.45, 2.75) is 6.42 Å². The number of nitrogens with zero attached hydrogens (tertiary/aromatic N) is 2. The van der Waals surface area contributed by atoms with Crippen LogP contribution in [0.25, 0.3) is 0 Å². The van der Waals surface area contributed by atoms with Gasteiger partial charge in [-0.1, -0.05) is 6.07 Å². The summed E-state index contributed by atoms with van der Waals surface area (Å²) in [6.07, 6.45) is 1.10. The van der Waals surface area contributed by atoms with Crippen molar-refractivity contribution in [3.63, 3.8) is 0 Å². The van der Waals surface area contributed by atoms with E-state index in [0.717, 1.165) is 39.1 Å². The van der Waals surface area contributed by atoms with E-state index in [1.807, 2.05) is 11.3 Å². The number of thiophene rings is 1. The molecular formula is C17H23N3S. The summed E-state index contributed by atoms with van der Waals surface area (Å²) in [5.41, 5.74) is 2.55. The second-order valence-corrected chi connectivity index (χ2v) is 6.63. The van der Waals surface area contributed by atoms with E-state index in [4.69, 9.17) is 0 Å². The van der Waals surface area contributed by atoms with Gasteiger partial charge in [0.15, 0.2) is 0 Å². The Morgan fingerprint density at radius 2 is 1.81 bits per heavy atom. The first-order chi connectivity index (χ1) is 10.3. The van der Waals surface area contributed by atoms with Gasteiger partial charge >= 0.3 is 0 Å². The first-order valence-electron chi connectivity index (χ1n) is 7.61. The van der Waals surface area contributed by atoms with Gasteiger partial charge in [-0.2, -0.15) is 0 Å². The zero-order valence-corrected chi connectivity index (χ0v) is 13.4. The van der Waals surface area contributed by atoms with Crippen LogP contribution in [0.15, 0.2) is 41.8 Å². The smallest absolute Gasteiger partial charge is 0.0368 e. The Labute approximate surface area is 131 Å². The van der Waals surface area contributed by atoms with Gasteiger partial charge in [-0.05, 0) is 49.2 Å². The Balaban J connectivity index is 1.49. The van der Waals surface area contributed by atoms with Crippen LogP contribution in [0.3, 0.4) is 0 Å². The molecule has 1 aliphatic rings. The summed E-state index contributed by atoms with van der Waals surface area (Å²) in [6, 6.07) is 13.2. The molecule has 0 spiro atoms. The van der Waals surface area contributed by atoms with Crippen LogP contribution in [0.1, 0.15) is 4.88 Å². The lowest BCUT2D eigenvalue weighted by atomic mass is 10.2. The topological polar surface area (TPSA) is 18.5 Å². The van der Waals surface area contributed by atoms with Crippen LogP contribution in [0.4, 0.5) is 11.4 Å². The predicted molar refractivity (Wildman–Crippen MR) is 92.7 cm³/mol. The van der Waals surface area contributed by atoms with Crippen molar-refractivity contribution in [1.82, 2.24) is 4.90 Å². The Kier molecular flexibility index (Phi) is 4.78. The van der Waals surface area contributed by atoms with E-state index in [0.29, 0.717) is 0 Å². The monoisotopic (exact) mass is 301 g/mol. The molecule has 0 amide bonds. The summed E-state index contributed by atoms with van der Waals surface area (Å²) in [7, 11) is 2.19. The molecule has 4 heteroatoms. The van der Waals surface area contributed by atoms with Gasteiger partial charge in [-0.3, -0.25) is 0 Å². The highest BCUT2D eigenvalue weighted by molar-refractivity contribution is 7.09. The average molecular weight is 301 g/mol. The molecule has 3 nitrogen and oxygen atoms in total. The zero-order chi connectivity index (χ0) is 14.5. The summed E-state index contributed by atoms with van der Waals surface area (Å²) >= 11 is 1.83. The third-order valence-corrected chi connectivity index (χ3v) is 4.95. The molecule has 1 aromatic carbocycles. The van der Waals surface area contributed by atoms with Gasteiger partial charge in [-0.15, -0.1) is 11.3 Å². The molecule has 1 saturated heterocycles. The van der Waals surface area contributed by atoms with Gasteiger partial charge in [0.2, 0.25) is 0 Å². The van der Waals surface area contributed by atoms with E-state index < -0.39 is 0 Å². The van der Waals surface area contributed by atoms with Crippen molar-refractivity contribution >= 4 is 22.7 Å². The van der Waals surface area contributed by atoms with Crippen LogP contribution in [0.2, 0.25) is 0 Å². The lowest BCUT2D eigenvalue weighted by Crippen LogP contribution is -2.44. The van der Waals surface area contributed by atoms with Gasteiger partial charge in [0, 0.05) is 49.0 Å². The van der Waals surface area contributed by atoms with E-state index in [2.05, 4.69) is 63.9 Å². The Hall–Kier alpha value is -1.52. The molecule has 1 aliphatic heterocycles. The number of piperazine rings is 1. The normalized spacial score (nSPS) is 16.1. The molecule has 1 fully saturated rings. The fourth-order valence-corrected chi connectivity index (χ4v) is 3.35. The SMILES string of the molecule is CN1CCN(c2ccc(NCCc3cccs3)cc2)CC1. The number of likely N-dealkylation sites (N-methyl/N-ethyl adjacent to an activating group) is 1. The molecule has 0 unspecified atom stereocenters. The Bertz CT molecular complexity index is 528. The molecule has 0 aliphatic carbocycles. The summed E-state index contributed by atoms with van der Waals surface area (Å²) in [5, 5.41) is 5.64. The van der Waals surface area contributed by atoms with Crippen molar-refractivity contribution in [2.75, 3.05) is 50.0 Å². The molecule has 0 bridgehead atoms. The Morgan fingerprint density at radius 1 is 1.05 bits per heavy atom. The average Bonchev–Trinajstić information content (AvgIpc) is 3.02. The summed E-state index contributed by atoms with van der Waals surface area (Å²) in [6.45, 7) is 5.55. The lowest BCUT2D eigenvalue weighted by Gasteiger charge is -2.34. The van der Waals surface area contributed by atoms with E-state index in [1.54, 1.807) is 0 Å². The molecular weight excluding hydrogens is 278 g/mol. The minimum atomic E-state index is 0.994. The molecule has 0 saturated carbocycles. The van der Waals surface area contributed by atoms with Crippen LogP contribution in [-0.2, 0) is 6.42 Å². The number of nitrogens with one attached hydrogen (secondary N) is 1. The van der Waals surface area contributed by atoms with Crippen molar-refractivity contribution in [3.05, 3.63) is 46.7 Å². The van der Waals surface area contributed by atoms with Gasteiger partial charge in [0.1, 0.15) is 0 Å². The number of rotatable bonds is 5. The van der Waals surface area contributed by atoms with E-state index in [1.165, 1.54) is 16.3 Å². The predicted octanol–water partition coefficient (Wildman–Crippen LogP) is 3.15. The van der Waals surface area contributed by atoms with Crippen molar-refractivity contribution < 1.29 is 0 Å². The van der Waals surface area contributed by atoms with E-state index in [-0.39, 0.29) is 0 Å². The van der Waals surface area contributed by atoms with Crippen LogP contribution in [0, 0.1) is 0 Å². The van der Waals surface area contributed by atoms with E-state index >= 15 is 0 Å². The fourth-order valence-electron chi connectivity index (χ4n) is 2.64. The van der Waals surface area contributed by atoms with Gasteiger partial charge in [0.05, 0.1) is 0 Å². The quantitative estimate of drug-likeness (QED) is 0.915. The summed E-state index contributed by atoms with van der Waals surface area (Å²) in [5.74, 6) is 0. The third-order valence-electron chi connectivity index (χ3n) is 4.02. The molecule has 2 heterocycles. The molecule has 3 rings (SSSR count). The minimum Gasteiger partial charge on any atom is -0.385 e. The molecule has 0 atom stereocenters. The van der Waals surface area contributed by atoms with Crippen molar-refractivity contribution in [3.8, 4) is 0 Å². The maximum atomic E-state index is 3.50.